The molecule has 0 atom stereocenters. The average Bonchev–Trinajstić information content (AvgIpc) is 2.72. The number of aromatic nitrogens is 2. The minimum Gasteiger partial charge on any atom is -0.444 e. The van der Waals surface area contributed by atoms with Gasteiger partial charge in [0, 0.05) is 22.5 Å². The molecule has 0 spiro atoms. The quantitative estimate of drug-likeness (QED) is 0.570. The molecule has 0 saturated carbocycles. The van der Waals surface area contributed by atoms with Crippen LogP contribution in [0.2, 0.25) is 5.02 Å². The number of carbonyl (C=O) groups excluding carboxylic acids is 2. The van der Waals surface area contributed by atoms with Crippen molar-refractivity contribution in [3.05, 3.63) is 82.8 Å². The van der Waals surface area contributed by atoms with Gasteiger partial charge < -0.3 is 15.8 Å². The second-order valence-corrected chi connectivity index (χ2v) is 6.37. The fraction of sp³-hybridized carbons (Fsp3) is 0.100. The molecule has 2 aromatic carbocycles. The van der Waals surface area contributed by atoms with E-state index in [9.17, 15) is 9.59 Å². The Hall–Kier alpha value is -3.49. The predicted molar refractivity (Wildman–Crippen MR) is 110 cm³/mol. The molecule has 0 aliphatic rings. The first-order valence-corrected chi connectivity index (χ1v) is 9.03. The van der Waals surface area contributed by atoms with Gasteiger partial charge in [0.15, 0.2) is 0 Å². The van der Waals surface area contributed by atoms with E-state index in [1.807, 2.05) is 30.3 Å². The highest BCUT2D eigenvalue weighted by Crippen LogP contribution is 2.20. The van der Waals surface area contributed by atoms with Crippen LogP contribution in [0.3, 0.4) is 0 Å². The first-order chi connectivity index (χ1) is 14.0. The summed E-state index contributed by atoms with van der Waals surface area (Å²) < 4.78 is 5.17. The van der Waals surface area contributed by atoms with Crippen molar-refractivity contribution < 1.29 is 14.3 Å². The van der Waals surface area contributed by atoms with E-state index in [0.717, 1.165) is 5.56 Å². The third-order valence-corrected chi connectivity index (χ3v) is 3.97. The smallest absolute Gasteiger partial charge is 0.411 e. The van der Waals surface area contributed by atoms with Crippen molar-refractivity contribution >= 4 is 35.1 Å². The summed E-state index contributed by atoms with van der Waals surface area (Å²) in [6, 6.07) is 15.3. The van der Waals surface area contributed by atoms with Crippen molar-refractivity contribution in [3.63, 3.8) is 0 Å². The Morgan fingerprint density at radius 1 is 1.07 bits per heavy atom. The van der Waals surface area contributed by atoms with Gasteiger partial charge >= 0.3 is 6.09 Å². The number of hydrogen-bond acceptors (Lipinski definition) is 6. The largest absolute Gasteiger partial charge is 0.444 e. The Balaban J connectivity index is 1.65. The number of nitrogens with one attached hydrogen (secondary N) is 2. The Kier molecular flexibility index (Phi) is 6.72. The van der Waals surface area contributed by atoms with Crippen molar-refractivity contribution in [1.82, 2.24) is 9.97 Å². The first kappa shape index (κ1) is 20.2. The van der Waals surface area contributed by atoms with Crippen molar-refractivity contribution in [3.8, 4) is 0 Å². The molecule has 0 fully saturated rings. The van der Waals surface area contributed by atoms with E-state index in [2.05, 4.69) is 20.6 Å². The van der Waals surface area contributed by atoms with E-state index in [1.165, 1.54) is 24.4 Å². The second kappa shape index (κ2) is 9.63. The van der Waals surface area contributed by atoms with Crippen LogP contribution in [0.15, 0.2) is 60.8 Å². The van der Waals surface area contributed by atoms with Gasteiger partial charge in [-0.3, -0.25) is 10.1 Å². The summed E-state index contributed by atoms with van der Waals surface area (Å²) in [5.41, 5.74) is 6.92. The Morgan fingerprint density at radius 2 is 1.86 bits per heavy atom. The summed E-state index contributed by atoms with van der Waals surface area (Å²) in [4.78, 5) is 32.6. The monoisotopic (exact) mass is 411 g/mol. The molecule has 4 N–H and O–H groups in total. The Bertz CT molecular complexity index is 1010. The number of anilines is 2. The molecule has 0 radical (unpaired) electrons. The van der Waals surface area contributed by atoms with Gasteiger partial charge in [-0.15, -0.1) is 0 Å². The molecular weight excluding hydrogens is 394 g/mol. The number of ether oxygens (including phenoxy) is 1. The maximum atomic E-state index is 12.5. The van der Waals surface area contributed by atoms with Crippen LogP contribution in [0.1, 0.15) is 21.7 Å². The zero-order valence-corrected chi connectivity index (χ0v) is 16.0. The molecule has 0 saturated heterocycles. The summed E-state index contributed by atoms with van der Waals surface area (Å²) in [5, 5.41) is 5.48. The Morgan fingerprint density at radius 3 is 2.62 bits per heavy atom. The average molecular weight is 412 g/mol. The van der Waals surface area contributed by atoms with Gasteiger partial charge in [-0.2, -0.15) is 0 Å². The molecule has 29 heavy (non-hydrogen) atoms. The first-order valence-electron chi connectivity index (χ1n) is 8.65. The zero-order chi connectivity index (χ0) is 20.6. The highest BCUT2D eigenvalue weighted by atomic mass is 35.5. The van der Waals surface area contributed by atoms with Crippen molar-refractivity contribution in [1.29, 1.82) is 0 Å². The molecule has 1 heterocycles. The number of rotatable bonds is 6. The van der Waals surface area contributed by atoms with Crippen LogP contribution in [0.4, 0.5) is 16.3 Å². The van der Waals surface area contributed by atoms with E-state index in [0.29, 0.717) is 17.3 Å². The third kappa shape index (κ3) is 6.00. The van der Waals surface area contributed by atoms with E-state index >= 15 is 0 Å². The van der Waals surface area contributed by atoms with Crippen molar-refractivity contribution in [2.75, 3.05) is 10.6 Å². The minimum absolute atomic E-state index is 0.123. The van der Waals surface area contributed by atoms with Gasteiger partial charge in [0.1, 0.15) is 18.2 Å². The summed E-state index contributed by atoms with van der Waals surface area (Å²) in [5.74, 6) is 0.259. The molecule has 1 aromatic heterocycles. The van der Waals surface area contributed by atoms with E-state index in [1.54, 1.807) is 6.07 Å². The normalized spacial score (nSPS) is 10.3. The van der Waals surface area contributed by atoms with Crippen LogP contribution in [-0.4, -0.2) is 22.0 Å². The molecule has 9 heteroatoms. The van der Waals surface area contributed by atoms with Gasteiger partial charge in [0.05, 0.1) is 6.54 Å². The molecular formula is C20H18ClN5O3. The molecule has 0 bridgehead atoms. The number of benzene rings is 2. The number of nitrogens with two attached hydrogens (primary N) is 1. The van der Waals surface area contributed by atoms with Crippen LogP contribution in [0.5, 0.6) is 0 Å². The van der Waals surface area contributed by atoms with Gasteiger partial charge in [-0.25, -0.2) is 14.8 Å². The fourth-order valence-corrected chi connectivity index (χ4v) is 2.66. The minimum atomic E-state index is -0.661. The predicted octanol–water partition coefficient (Wildman–Crippen LogP) is 3.59. The standard InChI is InChI=1S/C20H18ClN5O3/c21-15-8-14(19(27)26-17-6-7-23-18(11-22)25-17)9-16(10-15)24-20(28)29-12-13-4-2-1-3-5-13/h1-10H,11-12,22H2,(H,24,28)(H,23,25,26,27). The molecule has 0 aliphatic carbocycles. The lowest BCUT2D eigenvalue weighted by atomic mass is 10.2. The van der Waals surface area contributed by atoms with E-state index in [-0.39, 0.29) is 23.7 Å². The lowest BCUT2D eigenvalue weighted by Crippen LogP contribution is -2.16. The molecule has 0 aliphatic heterocycles. The van der Waals surface area contributed by atoms with Gasteiger partial charge in [-0.05, 0) is 29.8 Å². The zero-order valence-electron chi connectivity index (χ0n) is 15.3. The highest BCUT2D eigenvalue weighted by molar-refractivity contribution is 6.31. The second-order valence-electron chi connectivity index (χ2n) is 5.93. The fourth-order valence-electron chi connectivity index (χ4n) is 2.43. The van der Waals surface area contributed by atoms with Crippen LogP contribution >= 0.6 is 11.6 Å². The lowest BCUT2D eigenvalue weighted by molar-refractivity contribution is 0.102. The Labute approximate surface area is 172 Å². The molecule has 3 rings (SSSR count). The summed E-state index contributed by atoms with van der Waals surface area (Å²) >= 11 is 6.09. The van der Waals surface area contributed by atoms with Gasteiger partial charge in [-0.1, -0.05) is 41.9 Å². The number of carbonyl (C=O) groups is 2. The molecule has 0 unspecified atom stereocenters. The number of amides is 2. The number of halogens is 1. The summed E-state index contributed by atoms with van der Waals surface area (Å²) in [6.45, 7) is 0.276. The van der Waals surface area contributed by atoms with Crippen LogP contribution in [0, 0.1) is 0 Å². The number of nitrogens with zero attached hydrogens (tertiary/aromatic N) is 2. The summed E-state index contributed by atoms with van der Waals surface area (Å²) in [7, 11) is 0. The third-order valence-electron chi connectivity index (χ3n) is 3.75. The van der Waals surface area contributed by atoms with Crippen LogP contribution in [-0.2, 0) is 17.9 Å². The highest BCUT2D eigenvalue weighted by Gasteiger charge is 2.12. The maximum Gasteiger partial charge on any atom is 0.411 e. The molecule has 3 aromatic rings. The van der Waals surface area contributed by atoms with Gasteiger partial charge in [0.2, 0.25) is 0 Å². The SMILES string of the molecule is NCc1nccc(NC(=O)c2cc(Cl)cc(NC(=O)OCc3ccccc3)c2)n1. The van der Waals surface area contributed by atoms with Crippen LogP contribution in [0.25, 0.3) is 0 Å². The molecule has 8 nitrogen and oxygen atoms in total. The topological polar surface area (TPSA) is 119 Å². The van der Waals surface area contributed by atoms with Crippen LogP contribution < -0.4 is 16.4 Å². The lowest BCUT2D eigenvalue weighted by Gasteiger charge is -2.10. The van der Waals surface area contributed by atoms with Crippen molar-refractivity contribution in [2.45, 2.75) is 13.2 Å². The van der Waals surface area contributed by atoms with E-state index < -0.39 is 12.0 Å². The van der Waals surface area contributed by atoms with Crippen molar-refractivity contribution in [2.24, 2.45) is 5.73 Å². The molecule has 148 valence electrons. The summed E-state index contributed by atoms with van der Waals surface area (Å²) in [6.07, 6.45) is 0.837. The maximum absolute atomic E-state index is 12.5. The molecule has 2 amide bonds. The number of hydrogen-bond donors (Lipinski definition) is 3. The van der Waals surface area contributed by atoms with Gasteiger partial charge in [0.25, 0.3) is 5.91 Å². The van der Waals surface area contributed by atoms with E-state index in [4.69, 9.17) is 22.1 Å².